The number of aryl methyl sites for hydroxylation is 1. The second-order valence-electron chi connectivity index (χ2n) is 7.30. The Morgan fingerprint density at radius 2 is 1.72 bits per heavy atom. The number of benzene rings is 3. The lowest BCUT2D eigenvalue weighted by Crippen LogP contribution is -2.21. The van der Waals surface area contributed by atoms with Gasteiger partial charge < -0.3 is 11.2 Å². The molecule has 8 heteroatoms. The zero-order valence-corrected chi connectivity index (χ0v) is 18.2. The van der Waals surface area contributed by atoms with Crippen molar-refractivity contribution in [2.75, 3.05) is 11.2 Å². The number of aromatic nitrogens is 3. The molecule has 1 amide bonds. The summed E-state index contributed by atoms with van der Waals surface area (Å²) in [4.78, 5) is 13.2. The van der Waals surface area contributed by atoms with Crippen molar-refractivity contribution >= 4 is 23.4 Å². The molecule has 0 aliphatic heterocycles. The Hall–Kier alpha value is -3.65. The molecule has 0 spiro atoms. The molecule has 0 saturated carbocycles. The first kappa shape index (κ1) is 21.6. The lowest BCUT2D eigenvalue weighted by molar-refractivity contribution is -0.115. The molecule has 3 aromatic carbocycles. The van der Waals surface area contributed by atoms with Crippen LogP contribution in [0.4, 0.5) is 10.1 Å². The lowest BCUT2D eigenvalue weighted by atomic mass is 10.1. The summed E-state index contributed by atoms with van der Waals surface area (Å²) in [5, 5.41) is 11.0. The third kappa shape index (κ3) is 4.97. The maximum absolute atomic E-state index is 14.0. The van der Waals surface area contributed by atoms with E-state index in [2.05, 4.69) is 15.5 Å². The number of nitrogens with zero attached hydrogens (tertiary/aromatic N) is 3. The summed E-state index contributed by atoms with van der Waals surface area (Å²) < 4.78 is 15.3. The largest absolute Gasteiger partial charge is 0.336 e. The zero-order valence-electron chi connectivity index (χ0n) is 17.4. The average Bonchev–Trinajstić information content (AvgIpc) is 3.14. The fourth-order valence-corrected chi connectivity index (χ4v) is 4.15. The van der Waals surface area contributed by atoms with Gasteiger partial charge in [0.25, 0.3) is 0 Å². The van der Waals surface area contributed by atoms with Crippen LogP contribution in [0.1, 0.15) is 27.8 Å². The molecule has 0 aliphatic rings. The Bertz CT molecular complexity index is 1210. The molecule has 4 aromatic rings. The first-order valence-corrected chi connectivity index (χ1v) is 10.9. The van der Waals surface area contributed by atoms with Crippen LogP contribution in [0, 0.1) is 12.7 Å². The van der Waals surface area contributed by atoms with Gasteiger partial charge in [-0.3, -0.25) is 4.79 Å². The number of rotatable bonds is 7. The second-order valence-corrected chi connectivity index (χ2v) is 8.37. The third-order valence-corrected chi connectivity index (χ3v) is 6.14. The van der Waals surface area contributed by atoms with Gasteiger partial charge in [0.15, 0.2) is 5.82 Å². The normalized spacial score (nSPS) is 11.8. The lowest BCUT2D eigenvalue weighted by Gasteiger charge is -2.16. The van der Waals surface area contributed by atoms with Gasteiger partial charge in [0, 0.05) is 12.1 Å². The Morgan fingerprint density at radius 1 is 1.03 bits per heavy atom. The number of halogens is 1. The van der Waals surface area contributed by atoms with Crippen LogP contribution in [0.25, 0.3) is 0 Å². The highest BCUT2D eigenvalue weighted by molar-refractivity contribution is 8.00. The Morgan fingerprint density at radius 3 is 2.44 bits per heavy atom. The van der Waals surface area contributed by atoms with Crippen molar-refractivity contribution < 1.29 is 9.18 Å². The molecule has 0 radical (unpaired) electrons. The fraction of sp³-hybridized carbons (Fsp3) is 0.125. The van der Waals surface area contributed by atoms with Crippen molar-refractivity contribution in [1.29, 1.82) is 0 Å². The highest BCUT2D eigenvalue weighted by Gasteiger charge is 2.25. The van der Waals surface area contributed by atoms with Crippen LogP contribution in [0.2, 0.25) is 0 Å². The third-order valence-electron chi connectivity index (χ3n) is 4.92. The van der Waals surface area contributed by atoms with E-state index in [9.17, 15) is 9.18 Å². The number of carbonyl (C=O) groups excluding carboxylic acids is 1. The van der Waals surface area contributed by atoms with Crippen LogP contribution in [0.15, 0.2) is 84.0 Å². The summed E-state index contributed by atoms with van der Waals surface area (Å²) in [7, 11) is 0. The van der Waals surface area contributed by atoms with Crippen LogP contribution in [0.5, 0.6) is 0 Å². The maximum Gasteiger partial charge on any atom is 0.242 e. The van der Waals surface area contributed by atoms with Gasteiger partial charge in [-0.25, -0.2) is 9.07 Å². The minimum absolute atomic E-state index is 0.197. The van der Waals surface area contributed by atoms with Crippen LogP contribution >= 0.6 is 11.8 Å². The minimum Gasteiger partial charge on any atom is -0.336 e. The van der Waals surface area contributed by atoms with E-state index >= 15 is 0 Å². The van der Waals surface area contributed by atoms with Crippen molar-refractivity contribution in [2.24, 2.45) is 0 Å². The van der Waals surface area contributed by atoms with Gasteiger partial charge in [-0.1, -0.05) is 78.0 Å². The second kappa shape index (κ2) is 9.65. The highest BCUT2D eigenvalue weighted by atomic mass is 32.2. The summed E-state index contributed by atoms with van der Waals surface area (Å²) >= 11 is 1.19. The van der Waals surface area contributed by atoms with Crippen molar-refractivity contribution in [3.05, 3.63) is 107 Å². The number of amides is 1. The van der Waals surface area contributed by atoms with Crippen molar-refractivity contribution in [2.45, 2.75) is 23.8 Å². The summed E-state index contributed by atoms with van der Waals surface area (Å²) in [6.45, 7) is 1.99. The van der Waals surface area contributed by atoms with Crippen LogP contribution in [-0.2, 0) is 11.2 Å². The van der Waals surface area contributed by atoms with Crippen LogP contribution in [-0.4, -0.2) is 20.8 Å². The number of nitrogens with two attached hydrogens (primary N) is 1. The molecule has 162 valence electrons. The maximum atomic E-state index is 14.0. The van der Waals surface area contributed by atoms with Gasteiger partial charge in [-0.2, -0.15) is 0 Å². The fourth-order valence-electron chi connectivity index (χ4n) is 3.17. The molecule has 1 aromatic heterocycles. The summed E-state index contributed by atoms with van der Waals surface area (Å²) in [5.74, 6) is 6.09. The van der Waals surface area contributed by atoms with E-state index in [1.54, 1.807) is 18.2 Å². The molecule has 1 atom stereocenters. The van der Waals surface area contributed by atoms with Crippen molar-refractivity contribution in [3.8, 4) is 0 Å². The molecule has 1 heterocycles. The monoisotopic (exact) mass is 447 g/mol. The first-order chi connectivity index (χ1) is 15.5. The quantitative estimate of drug-likeness (QED) is 0.322. The number of thioether (sulfide) groups is 1. The van der Waals surface area contributed by atoms with E-state index in [1.807, 2.05) is 61.5 Å². The molecule has 32 heavy (non-hydrogen) atoms. The van der Waals surface area contributed by atoms with E-state index < -0.39 is 5.25 Å². The molecule has 0 bridgehead atoms. The number of hydrogen-bond donors (Lipinski definition) is 2. The van der Waals surface area contributed by atoms with Gasteiger partial charge in [0.2, 0.25) is 11.1 Å². The summed E-state index contributed by atoms with van der Waals surface area (Å²) in [6, 6.07) is 23.4. The van der Waals surface area contributed by atoms with Crippen LogP contribution in [0.3, 0.4) is 0 Å². The molecule has 0 saturated heterocycles. The van der Waals surface area contributed by atoms with Gasteiger partial charge in [-0.05, 0) is 36.2 Å². The number of anilines is 1. The molecule has 4 rings (SSSR count). The Kier molecular flexibility index (Phi) is 6.51. The van der Waals surface area contributed by atoms with Crippen LogP contribution < -0.4 is 11.2 Å². The Labute approximate surface area is 189 Å². The molecule has 3 N–H and O–H groups in total. The van der Waals surface area contributed by atoms with Gasteiger partial charge in [0.05, 0.1) is 0 Å². The van der Waals surface area contributed by atoms with Crippen molar-refractivity contribution in [3.63, 3.8) is 0 Å². The van der Waals surface area contributed by atoms with E-state index in [-0.39, 0.29) is 18.1 Å². The van der Waals surface area contributed by atoms with E-state index in [1.165, 1.54) is 22.5 Å². The Balaban J connectivity index is 1.58. The minimum atomic E-state index is -0.606. The zero-order chi connectivity index (χ0) is 22.5. The molecule has 0 unspecified atom stereocenters. The predicted molar refractivity (Wildman–Crippen MR) is 124 cm³/mol. The van der Waals surface area contributed by atoms with E-state index in [0.717, 1.165) is 11.1 Å². The highest BCUT2D eigenvalue weighted by Crippen LogP contribution is 2.35. The summed E-state index contributed by atoms with van der Waals surface area (Å²) in [6.07, 6.45) is 0.197. The molecule has 0 aliphatic carbocycles. The number of carbonyl (C=O) groups is 1. The standard InChI is InChI=1S/C24H22FN5OS/c1-16-11-13-19(14-12-16)27-23(31)22(17-7-3-2-4-8-17)32-24-29-28-21(30(24)26)15-18-9-5-6-10-20(18)25/h2-14,22H,15,26H2,1H3,(H,27,31)/t22-/m0/s1. The molecule has 0 fully saturated rings. The smallest absolute Gasteiger partial charge is 0.242 e. The topological polar surface area (TPSA) is 85.8 Å². The molecule has 6 nitrogen and oxygen atoms in total. The molecular formula is C24H22FN5OS. The first-order valence-electron chi connectivity index (χ1n) is 10.0. The van der Waals surface area contributed by atoms with E-state index in [0.29, 0.717) is 22.2 Å². The van der Waals surface area contributed by atoms with Crippen molar-refractivity contribution in [1.82, 2.24) is 14.9 Å². The number of nitrogen functional groups attached to an aromatic ring is 1. The number of nitrogens with one attached hydrogen (secondary N) is 1. The van der Waals surface area contributed by atoms with Gasteiger partial charge in [0.1, 0.15) is 11.1 Å². The van der Waals surface area contributed by atoms with E-state index in [4.69, 9.17) is 5.84 Å². The number of hydrogen-bond acceptors (Lipinski definition) is 5. The van der Waals surface area contributed by atoms with Gasteiger partial charge in [-0.15, -0.1) is 10.2 Å². The van der Waals surface area contributed by atoms with Gasteiger partial charge >= 0.3 is 0 Å². The molecular weight excluding hydrogens is 425 g/mol. The summed E-state index contributed by atoms with van der Waals surface area (Å²) in [5.41, 5.74) is 3.09. The average molecular weight is 448 g/mol. The predicted octanol–water partition coefficient (Wildman–Crippen LogP) is 4.50. The SMILES string of the molecule is Cc1ccc(NC(=O)[C@@H](Sc2nnc(Cc3ccccc3F)n2N)c2ccccc2)cc1.